The molecule has 1 unspecified atom stereocenters. The first kappa shape index (κ1) is 9.83. The Kier molecular flexibility index (Phi) is 3.46. The fourth-order valence-electron chi connectivity index (χ4n) is 0.507. The number of nitrogens with two attached hydrogens (primary N) is 1. The van der Waals surface area contributed by atoms with Gasteiger partial charge in [0.1, 0.15) is 0 Å². The van der Waals surface area contributed by atoms with Gasteiger partial charge < -0.3 is 16.2 Å². The minimum Gasteiger partial charge on any atom is -0.480 e. The summed E-state index contributed by atoms with van der Waals surface area (Å²) in [5.41, 5.74) is 5.00. The van der Waals surface area contributed by atoms with Gasteiger partial charge in [0.05, 0.1) is 4.99 Å². The summed E-state index contributed by atoms with van der Waals surface area (Å²) in [6, 6.07) is 0. The molecule has 0 aliphatic carbocycles. The predicted molar refractivity (Wildman–Crippen MR) is 42.0 cm³/mol. The van der Waals surface area contributed by atoms with Crippen LogP contribution in [-0.2, 0) is 9.59 Å². The van der Waals surface area contributed by atoms with Crippen LogP contribution in [0.2, 0.25) is 0 Å². The molecule has 0 bridgehead atoms. The molecular weight excluding hydrogens is 168 g/mol. The average molecular weight is 176 g/mol. The predicted octanol–water partition coefficient (Wildman–Crippen LogP) is -1.28. The molecule has 5 nitrogen and oxygen atoms in total. The van der Waals surface area contributed by atoms with Gasteiger partial charge in [0.2, 0.25) is 5.91 Å². The monoisotopic (exact) mass is 176 g/mol. The van der Waals surface area contributed by atoms with Crippen molar-refractivity contribution in [3.63, 3.8) is 0 Å². The van der Waals surface area contributed by atoms with Gasteiger partial charge >= 0.3 is 5.97 Å². The molecule has 1 atom stereocenters. The molecule has 0 spiro atoms. The second-order valence-electron chi connectivity index (χ2n) is 1.79. The second kappa shape index (κ2) is 3.87. The van der Waals surface area contributed by atoms with E-state index in [0.717, 1.165) is 0 Å². The van der Waals surface area contributed by atoms with Crippen molar-refractivity contribution in [2.24, 2.45) is 11.7 Å². The summed E-state index contributed by atoms with van der Waals surface area (Å²) in [7, 11) is 1.32. The van der Waals surface area contributed by atoms with Gasteiger partial charge in [0, 0.05) is 7.05 Å². The normalized spacial score (nSPS) is 11.7. The molecule has 0 fully saturated rings. The lowest BCUT2D eigenvalue weighted by Gasteiger charge is -2.07. The van der Waals surface area contributed by atoms with E-state index in [4.69, 9.17) is 10.8 Å². The molecule has 6 heteroatoms. The van der Waals surface area contributed by atoms with Crippen LogP contribution < -0.4 is 11.1 Å². The Bertz CT molecular complexity index is 190. The van der Waals surface area contributed by atoms with Gasteiger partial charge in [-0.05, 0) is 0 Å². The summed E-state index contributed by atoms with van der Waals surface area (Å²) >= 11 is 4.37. The van der Waals surface area contributed by atoms with Crippen LogP contribution in [0.25, 0.3) is 0 Å². The van der Waals surface area contributed by atoms with Crippen molar-refractivity contribution in [1.82, 2.24) is 5.32 Å². The van der Waals surface area contributed by atoms with E-state index in [1.165, 1.54) is 7.05 Å². The summed E-state index contributed by atoms with van der Waals surface area (Å²) in [5.74, 6) is -3.46. The lowest BCUT2D eigenvalue weighted by molar-refractivity contribution is -0.143. The van der Waals surface area contributed by atoms with Crippen LogP contribution in [0, 0.1) is 5.92 Å². The van der Waals surface area contributed by atoms with Crippen molar-refractivity contribution in [2.75, 3.05) is 7.05 Å². The first-order valence-electron chi connectivity index (χ1n) is 2.74. The third kappa shape index (κ3) is 2.50. The van der Waals surface area contributed by atoms with E-state index in [1.807, 2.05) is 0 Å². The summed E-state index contributed by atoms with van der Waals surface area (Å²) in [6.45, 7) is 0. The lowest BCUT2D eigenvalue weighted by Crippen LogP contribution is -2.41. The Balaban J connectivity index is 4.47. The van der Waals surface area contributed by atoms with Gasteiger partial charge in [-0.3, -0.25) is 9.59 Å². The minimum absolute atomic E-state index is 0.336. The van der Waals surface area contributed by atoms with Crippen molar-refractivity contribution < 1.29 is 14.7 Å². The second-order valence-corrected chi connectivity index (χ2v) is 2.26. The number of carboxylic acid groups (broad SMARTS) is 1. The first-order chi connectivity index (χ1) is 5.00. The highest BCUT2D eigenvalue weighted by Crippen LogP contribution is 1.96. The van der Waals surface area contributed by atoms with Crippen LogP contribution in [0.3, 0.4) is 0 Å². The summed E-state index contributed by atoms with van der Waals surface area (Å²) in [5, 5.41) is 10.6. The summed E-state index contributed by atoms with van der Waals surface area (Å²) in [4.78, 5) is 20.7. The highest BCUT2D eigenvalue weighted by Gasteiger charge is 2.27. The van der Waals surface area contributed by atoms with Gasteiger partial charge in [-0.15, -0.1) is 0 Å². The zero-order valence-electron chi connectivity index (χ0n) is 5.83. The van der Waals surface area contributed by atoms with Gasteiger partial charge in [0.25, 0.3) is 0 Å². The SMILES string of the molecule is CNC(=O)C(C(=O)O)C(N)=S. The van der Waals surface area contributed by atoms with Crippen molar-refractivity contribution in [2.45, 2.75) is 0 Å². The third-order valence-electron chi connectivity index (χ3n) is 1.04. The van der Waals surface area contributed by atoms with E-state index in [1.54, 1.807) is 0 Å². The maximum Gasteiger partial charge on any atom is 0.323 e. The number of rotatable bonds is 3. The first-order valence-corrected chi connectivity index (χ1v) is 3.15. The molecule has 0 saturated heterocycles. The number of hydrogen-bond acceptors (Lipinski definition) is 3. The van der Waals surface area contributed by atoms with E-state index in [9.17, 15) is 9.59 Å². The van der Waals surface area contributed by atoms with Gasteiger partial charge in [-0.2, -0.15) is 0 Å². The molecule has 1 amide bonds. The van der Waals surface area contributed by atoms with Crippen molar-refractivity contribution in [3.8, 4) is 0 Å². The molecule has 0 aliphatic rings. The summed E-state index contributed by atoms with van der Waals surface area (Å²) in [6.07, 6.45) is 0. The molecule has 0 saturated carbocycles. The average Bonchev–Trinajstić information content (AvgIpc) is 1.85. The Morgan fingerprint density at radius 1 is 1.64 bits per heavy atom. The molecule has 0 heterocycles. The zero-order valence-corrected chi connectivity index (χ0v) is 6.64. The number of carbonyl (C=O) groups is 2. The molecule has 11 heavy (non-hydrogen) atoms. The van der Waals surface area contributed by atoms with E-state index < -0.39 is 17.8 Å². The lowest BCUT2D eigenvalue weighted by atomic mass is 10.1. The van der Waals surface area contributed by atoms with Crippen LogP contribution in [0.4, 0.5) is 0 Å². The Morgan fingerprint density at radius 2 is 2.09 bits per heavy atom. The number of amides is 1. The molecular formula is C5H8N2O3S. The van der Waals surface area contributed by atoms with Crippen LogP contribution >= 0.6 is 12.2 Å². The number of carbonyl (C=O) groups excluding carboxylic acids is 1. The van der Waals surface area contributed by atoms with Crippen molar-refractivity contribution in [3.05, 3.63) is 0 Å². The smallest absolute Gasteiger partial charge is 0.323 e. The zero-order chi connectivity index (χ0) is 9.02. The Labute approximate surface area is 68.6 Å². The maximum atomic E-state index is 10.7. The number of thiocarbonyl (C=S) groups is 1. The number of carboxylic acids is 1. The molecule has 62 valence electrons. The van der Waals surface area contributed by atoms with Crippen LogP contribution in [0.15, 0.2) is 0 Å². The topological polar surface area (TPSA) is 92.4 Å². The molecule has 0 aromatic carbocycles. The Morgan fingerprint density at radius 3 is 2.18 bits per heavy atom. The third-order valence-corrected chi connectivity index (χ3v) is 1.28. The van der Waals surface area contributed by atoms with Crippen LogP contribution in [0.1, 0.15) is 0 Å². The largest absolute Gasteiger partial charge is 0.480 e. The number of hydrogen-bond donors (Lipinski definition) is 3. The van der Waals surface area contributed by atoms with E-state index in [2.05, 4.69) is 17.5 Å². The van der Waals surface area contributed by atoms with Crippen LogP contribution in [0.5, 0.6) is 0 Å². The quantitative estimate of drug-likeness (QED) is 0.368. The van der Waals surface area contributed by atoms with E-state index in [0.29, 0.717) is 0 Å². The van der Waals surface area contributed by atoms with Gasteiger partial charge in [-0.1, -0.05) is 12.2 Å². The molecule has 0 aliphatic heterocycles. The van der Waals surface area contributed by atoms with Crippen molar-refractivity contribution in [1.29, 1.82) is 0 Å². The van der Waals surface area contributed by atoms with Crippen molar-refractivity contribution >= 4 is 29.1 Å². The van der Waals surface area contributed by atoms with Gasteiger partial charge in [-0.25, -0.2) is 0 Å². The number of nitrogens with one attached hydrogen (secondary N) is 1. The Hall–Kier alpha value is -1.17. The standard InChI is InChI=1S/C5H8N2O3S/c1-7-4(8)2(3(6)11)5(9)10/h2H,1H3,(H2,6,11)(H,7,8)(H,9,10). The fraction of sp³-hybridized carbons (Fsp3) is 0.400. The van der Waals surface area contributed by atoms with Crippen LogP contribution in [-0.4, -0.2) is 29.0 Å². The highest BCUT2D eigenvalue weighted by atomic mass is 32.1. The highest BCUT2D eigenvalue weighted by molar-refractivity contribution is 7.80. The number of aliphatic carboxylic acids is 1. The maximum absolute atomic E-state index is 10.7. The minimum atomic E-state index is -1.42. The summed E-state index contributed by atoms with van der Waals surface area (Å²) < 4.78 is 0. The molecule has 0 aromatic heterocycles. The molecule has 4 N–H and O–H groups in total. The fourth-order valence-corrected chi connectivity index (χ4v) is 0.715. The molecule has 0 radical (unpaired) electrons. The van der Waals surface area contributed by atoms with E-state index in [-0.39, 0.29) is 4.99 Å². The molecule has 0 rings (SSSR count). The molecule has 0 aromatic rings. The van der Waals surface area contributed by atoms with Gasteiger partial charge in [0.15, 0.2) is 5.92 Å². The van der Waals surface area contributed by atoms with E-state index >= 15 is 0 Å².